The summed E-state index contributed by atoms with van der Waals surface area (Å²) >= 11 is 6.32. The lowest BCUT2D eigenvalue weighted by atomic mass is 9.90. The molecule has 0 radical (unpaired) electrons. The Kier molecular flexibility index (Phi) is 3.62. The number of piperidine rings is 1. The molecule has 0 atom stereocenters. The number of hydrogen-bond donors (Lipinski definition) is 1. The van der Waals surface area contributed by atoms with Crippen LogP contribution in [0.3, 0.4) is 0 Å². The van der Waals surface area contributed by atoms with E-state index in [9.17, 15) is 0 Å². The summed E-state index contributed by atoms with van der Waals surface area (Å²) < 4.78 is 11.4. The molecule has 98 valence electrons. The van der Waals surface area contributed by atoms with E-state index in [1.54, 1.807) is 0 Å². The Hall–Kier alpha value is -0.930. The van der Waals surface area contributed by atoms with E-state index in [1.165, 1.54) is 5.56 Å². The number of ether oxygens (including phenoxy) is 2. The number of halogens is 1. The second kappa shape index (κ2) is 5.37. The van der Waals surface area contributed by atoms with Gasteiger partial charge in [0.15, 0.2) is 11.5 Å². The quantitative estimate of drug-likeness (QED) is 0.849. The fraction of sp³-hybridized carbons (Fsp3) is 0.571. The Morgan fingerprint density at radius 2 is 1.89 bits per heavy atom. The van der Waals surface area contributed by atoms with Gasteiger partial charge in [0.1, 0.15) is 0 Å². The average Bonchev–Trinajstić information content (AvgIpc) is 2.65. The van der Waals surface area contributed by atoms with E-state index in [1.807, 2.05) is 6.07 Å². The molecule has 1 N–H and O–H groups in total. The lowest BCUT2D eigenvalue weighted by Crippen LogP contribution is -2.26. The first-order valence-corrected chi connectivity index (χ1v) is 7.02. The van der Waals surface area contributed by atoms with Crippen LogP contribution in [0.15, 0.2) is 12.1 Å². The van der Waals surface area contributed by atoms with Crippen LogP contribution >= 0.6 is 11.6 Å². The van der Waals surface area contributed by atoms with Crippen molar-refractivity contribution in [2.45, 2.75) is 25.2 Å². The van der Waals surface area contributed by atoms with Gasteiger partial charge < -0.3 is 14.8 Å². The summed E-state index contributed by atoms with van der Waals surface area (Å²) in [5.41, 5.74) is 1.28. The highest BCUT2D eigenvalue weighted by Crippen LogP contribution is 2.41. The molecular weight excluding hydrogens is 250 g/mol. The van der Waals surface area contributed by atoms with Crippen LogP contribution in [-0.2, 0) is 0 Å². The Morgan fingerprint density at radius 1 is 1.11 bits per heavy atom. The fourth-order valence-corrected chi connectivity index (χ4v) is 2.92. The van der Waals surface area contributed by atoms with E-state index in [2.05, 4.69) is 11.4 Å². The molecule has 0 unspecified atom stereocenters. The van der Waals surface area contributed by atoms with Gasteiger partial charge in [0, 0.05) is 6.42 Å². The van der Waals surface area contributed by atoms with Gasteiger partial charge >= 0.3 is 0 Å². The molecule has 4 heteroatoms. The number of hydrogen-bond acceptors (Lipinski definition) is 3. The normalized spacial score (nSPS) is 20.5. The minimum absolute atomic E-state index is 0.584. The van der Waals surface area contributed by atoms with Crippen molar-refractivity contribution in [3.8, 4) is 11.5 Å². The first-order valence-electron chi connectivity index (χ1n) is 6.64. The van der Waals surface area contributed by atoms with Gasteiger partial charge in [-0.3, -0.25) is 0 Å². The average molecular weight is 268 g/mol. The molecule has 1 saturated heterocycles. The highest BCUT2D eigenvalue weighted by molar-refractivity contribution is 6.32. The van der Waals surface area contributed by atoms with E-state index < -0.39 is 0 Å². The SMILES string of the molecule is Clc1cc(C2CCNCC2)cc2c1OCCCO2. The van der Waals surface area contributed by atoms with Gasteiger partial charge in [0.05, 0.1) is 18.2 Å². The number of fused-ring (bicyclic) bond motifs is 1. The van der Waals surface area contributed by atoms with Crippen molar-refractivity contribution in [3.63, 3.8) is 0 Å². The summed E-state index contributed by atoms with van der Waals surface area (Å²) in [6.45, 7) is 3.55. The molecule has 3 rings (SSSR count). The molecule has 18 heavy (non-hydrogen) atoms. The van der Waals surface area contributed by atoms with Crippen LogP contribution in [0.25, 0.3) is 0 Å². The fourth-order valence-electron chi connectivity index (χ4n) is 2.64. The van der Waals surface area contributed by atoms with Crippen molar-refractivity contribution in [1.29, 1.82) is 0 Å². The van der Waals surface area contributed by atoms with E-state index >= 15 is 0 Å². The molecule has 2 aliphatic heterocycles. The number of rotatable bonds is 1. The molecule has 0 aliphatic carbocycles. The van der Waals surface area contributed by atoms with Gasteiger partial charge in [-0.05, 0) is 49.5 Å². The molecule has 0 aromatic heterocycles. The summed E-state index contributed by atoms with van der Waals surface area (Å²) in [4.78, 5) is 0. The third-order valence-electron chi connectivity index (χ3n) is 3.64. The molecule has 3 nitrogen and oxygen atoms in total. The molecule has 2 heterocycles. The first kappa shape index (κ1) is 12.1. The van der Waals surface area contributed by atoms with Gasteiger partial charge in [-0.15, -0.1) is 0 Å². The first-order chi connectivity index (χ1) is 8.84. The Morgan fingerprint density at radius 3 is 2.72 bits per heavy atom. The van der Waals surface area contributed by atoms with Crippen LogP contribution in [0.5, 0.6) is 11.5 Å². The Balaban J connectivity index is 1.91. The van der Waals surface area contributed by atoms with Gasteiger partial charge in [-0.1, -0.05) is 11.6 Å². The zero-order chi connectivity index (χ0) is 12.4. The highest BCUT2D eigenvalue weighted by Gasteiger charge is 2.21. The summed E-state index contributed by atoms with van der Waals surface area (Å²) in [7, 11) is 0. The third-order valence-corrected chi connectivity index (χ3v) is 3.92. The lowest BCUT2D eigenvalue weighted by molar-refractivity contribution is 0.297. The van der Waals surface area contributed by atoms with Crippen molar-refractivity contribution in [2.75, 3.05) is 26.3 Å². The molecule has 0 bridgehead atoms. The van der Waals surface area contributed by atoms with Gasteiger partial charge in [0.2, 0.25) is 0 Å². The van der Waals surface area contributed by atoms with E-state index in [0.29, 0.717) is 29.9 Å². The largest absolute Gasteiger partial charge is 0.489 e. The lowest BCUT2D eigenvalue weighted by Gasteiger charge is -2.24. The van der Waals surface area contributed by atoms with Crippen LogP contribution in [0.2, 0.25) is 5.02 Å². The predicted molar refractivity (Wildman–Crippen MR) is 71.9 cm³/mol. The molecule has 1 aromatic rings. The van der Waals surface area contributed by atoms with Crippen LogP contribution in [0.4, 0.5) is 0 Å². The van der Waals surface area contributed by atoms with Gasteiger partial charge in [-0.2, -0.15) is 0 Å². The standard InChI is InChI=1S/C14H18ClNO2/c15-12-8-11(10-2-4-16-5-3-10)9-13-14(12)18-7-1-6-17-13/h8-10,16H,1-7H2. The molecule has 2 aliphatic rings. The smallest absolute Gasteiger partial charge is 0.179 e. The molecule has 0 saturated carbocycles. The molecule has 0 amide bonds. The van der Waals surface area contributed by atoms with Crippen LogP contribution in [0.1, 0.15) is 30.7 Å². The topological polar surface area (TPSA) is 30.5 Å². The van der Waals surface area contributed by atoms with Crippen molar-refractivity contribution in [3.05, 3.63) is 22.7 Å². The van der Waals surface area contributed by atoms with Crippen molar-refractivity contribution in [1.82, 2.24) is 5.32 Å². The van der Waals surface area contributed by atoms with Crippen LogP contribution < -0.4 is 14.8 Å². The van der Waals surface area contributed by atoms with E-state index in [4.69, 9.17) is 21.1 Å². The Labute approximate surface area is 112 Å². The minimum Gasteiger partial charge on any atom is -0.489 e. The summed E-state index contributed by atoms with van der Waals surface area (Å²) in [5, 5.41) is 4.07. The van der Waals surface area contributed by atoms with Gasteiger partial charge in [-0.25, -0.2) is 0 Å². The Bertz CT molecular complexity index is 430. The molecular formula is C14H18ClNO2. The monoisotopic (exact) mass is 267 g/mol. The highest BCUT2D eigenvalue weighted by atomic mass is 35.5. The second-order valence-corrected chi connectivity index (χ2v) is 5.31. The van der Waals surface area contributed by atoms with Crippen LogP contribution in [0, 0.1) is 0 Å². The summed E-state index contributed by atoms with van der Waals surface area (Å²) in [6, 6.07) is 4.16. The zero-order valence-electron chi connectivity index (χ0n) is 10.4. The maximum atomic E-state index is 6.32. The van der Waals surface area contributed by atoms with E-state index in [0.717, 1.165) is 38.1 Å². The van der Waals surface area contributed by atoms with E-state index in [-0.39, 0.29) is 0 Å². The summed E-state index contributed by atoms with van der Waals surface area (Å²) in [6.07, 6.45) is 3.24. The molecule has 1 aromatic carbocycles. The van der Waals surface area contributed by atoms with Crippen molar-refractivity contribution >= 4 is 11.6 Å². The maximum absolute atomic E-state index is 6.32. The van der Waals surface area contributed by atoms with Crippen molar-refractivity contribution in [2.24, 2.45) is 0 Å². The molecule has 0 spiro atoms. The number of benzene rings is 1. The minimum atomic E-state index is 0.584. The van der Waals surface area contributed by atoms with Gasteiger partial charge in [0.25, 0.3) is 0 Å². The summed E-state index contributed by atoms with van der Waals surface area (Å²) in [5.74, 6) is 2.11. The zero-order valence-corrected chi connectivity index (χ0v) is 11.1. The maximum Gasteiger partial charge on any atom is 0.179 e. The third kappa shape index (κ3) is 2.43. The number of nitrogens with one attached hydrogen (secondary N) is 1. The molecule has 1 fully saturated rings. The van der Waals surface area contributed by atoms with Crippen molar-refractivity contribution < 1.29 is 9.47 Å². The second-order valence-electron chi connectivity index (χ2n) is 4.90. The predicted octanol–water partition coefficient (Wildman–Crippen LogP) is 2.97. The van der Waals surface area contributed by atoms with Crippen LogP contribution in [-0.4, -0.2) is 26.3 Å².